The minimum Gasteiger partial charge on any atom is -0.342 e. The van der Waals surface area contributed by atoms with Crippen molar-refractivity contribution < 1.29 is 4.39 Å². The normalized spacial score (nSPS) is 11.1. The summed E-state index contributed by atoms with van der Waals surface area (Å²) >= 11 is 5.28. The zero-order valence-electron chi connectivity index (χ0n) is 15.5. The summed E-state index contributed by atoms with van der Waals surface area (Å²) in [6, 6.07) is 24.3. The Morgan fingerprint density at radius 3 is 2.48 bits per heavy atom. The molecule has 1 heterocycles. The van der Waals surface area contributed by atoms with Crippen molar-refractivity contribution in [2.75, 3.05) is 5.32 Å². The molecule has 144 valence electrons. The highest BCUT2D eigenvalue weighted by atomic mass is 32.1. The van der Waals surface area contributed by atoms with Crippen LogP contribution in [0, 0.1) is 5.82 Å². The van der Waals surface area contributed by atoms with Gasteiger partial charge in [0.25, 0.3) is 0 Å². The summed E-state index contributed by atoms with van der Waals surface area (Å²) in [6.45, 7) is 0.649. The first-order valence-electron chi connectivity index (χ1n) is 9.16. The summed E-state index contributed by atoms with van der Waals surface area (Å²) in [5.74, 6) is -0.231. The molecule has 3 aromatic carbocycles. The van der Waals surface area contributed by atoms with E-state index in [0.717, 1.165) is 27.7 Å². The van der Waals surface area contributed by atoms with E-state index in [1.807, 2.05) is 48.7 Å². The minimum atomic E-state index is -0.231. The van der Waals surface area contributed by atoms with Crippen LogP contribution in [0.5, 0.6) is 0 Å². The number of aromatic nitrogens is 1. The number of para-hydroxylation sites is 2. The Morgan fingerprint density at radius 1 is 0.966 bits per heavy atom. The maximum absolute atomic E-state index is 13.2. The van der Waals surface area contributed by atoms with E-state index < -0.39 is 0 Å². The van der Waals surface area contributed by atoms with E-state index in [1.165, 1.54) is 12.1 Å². The number of anilines is 1. The summed E-state index contributed by atoms with van der Waals surface area (Å²) in [5.41, 5.74) is 6.83. The van der Waals surface area contributed by atoms with Crippen molar-refractivity contribution in [3.05, 3.63) is 102 Å². The Labute approximate surface area is 173 Å². The number of halogens is 1. The van der Waals surface area contributed by atoms with Crippen LogP contribution in [0.2, 0.25) is 0 Å². The number of hydrazone groups is 1. The topological polar surface area (TPSA) is 41.4 Å². The molecule has 4 nitrogen and oxygen atoms in total. The predicted octanol–water partition coefficient (Wildman–Crippen LogP) is 5.15. The highest BCUT2D eigenvalue weighted by Gasteiger charge is 2.07. The molecular weight excluding hydrogens is 383 g/mol. The molecule has 29 heavy (non-hydrogen) atoms. The number of hydrogen-bond acceptors (Lipinski definition) is 2. The van der Waals surface area contributed by atoms with E-state index in [9.17, 15) is 4.39 Å². The lowest BCUT2D eigenvalue weighted by atomic mass is 10.2. The number of benzene rings is 3. The summed E-state index contributed by atoms with van der Waals surface area (Å²) in [7, 11) is 0. The van der Waals surface area contributed by atoms with Crippen molar-refractivity contribution in [2.24, 2.45) is 5.10 Å². The second-order valence-electron chi connectivity index (χ2n) is 6.55. The van der Waals surface area contributed by atoms with Crippen LogP contribution in [0.4, 0.5) is 10.1 Å². The maximum Gasteiger partial charge on any atom is 0.191 e. The number of rotatable bonds is 5. The first kappa shape index (κ1) is 18.8. The average molecular weight is 402 g/mol. The quantitative estimate of drug-likeness (QED) is 0.276. The molecule has 2 N–H and O–H groups in total. The molecule has 0 aliphatic heterocycles. The van der Waals surface area contributed by atoms with Crippen LogP contribution in [0.15, 0.2) is 90.2 Å². The molecule has 0 fully saturated rings. The summed E-state index contributed by atoms with van der Waals surface area (Å²) < 4.78 is 15.3. The molecule has 0 radical (unpaired) electrons. The van der Waals surface area contributed by atoms with Gasteiger partial charge in [0, 0.05) is 34.9 Å². The smallest absolute Gasteiger partial charge is 0.191 e. The van der Waals surface area contributed by atoms with Crippen LogP contribution in [0.25, 0.3) is 10.9 Å². The molecule has 0 saturated heterocycles. The number of thiocarbonyl (C=S) groups is 1. The first-order valence-corrected chi connectivity index (χ1v) is 9.57. The Bertz CT molecular complexity index is 1150. The van der Waals surface area contributed by atoms with Gasteiger partial charge in [-0.25, -0.2) is 4.39 Å². The fourth-order valence-corrected chi connectivity index (χ4v) is 3.31. The zero-order valence-corrected chi connectivity index (χ0v) is 16.4. The minimum absolute atomic E-state index is 0.231. The molecule has 0 unspecified atom stereocenters. The average Bonchev–Trinajstić information content (AvgIpc) is 3.08. The van der Waals surface area contributed by atoms with E-state index in [1.54, 1.807) is 18.3 Å². The largest absolute Gasteiger partial charge is 0.342 e. The van der Waals surface area contributed by atoms with Crippen molar-refractivity contribution in [1.29, 1.82) is 0 Å². The zero-order chi connectivity index (χ0) is 20.1. The van der Waals surface area contributed by atoms with Gasteiger partial charge in [0.15, 0.2) is 5.11 Å². The fraction of sp³-hybridized carbons (Fsp3) is 0.0435. The van der Waals surface area contributed by atoms with Crippen molar-refractivity contribution >= 4 is 40.1 Å². The van der Waals surface area contributed by atoms with Gasteiger partial charge in [-0.3, -0.25) is 5.43 Å². The third-order valence-corrected chi connectivity index (χ3v) is 4.68. The van der Waals surface area contributed by atoms with E-state index in [0.29, 0.717) is 11.7 Å². The van der Waals surface area contributed by atoms with E-state index in [4.69, 9.17) is 12.2 Å². The molecule has 0 atom stereocenters. The third-order valence-electron chi connectivity index (χ3n) is 4.49. The molecule has 4 aromatic rings. The Hall–Kier alpha value is -3.51. The monoisotopic (exact) mass is 402 g/mol. The van der Waals surface area contributed by atoms with Gasteiger partial charge in [-0.05, 0) is 48.1 Å². The van der Waals surface area contributed by atoms with Crippen LogP contribution < -0.4 is 10.7 Å². The maximum atomic E-state index is 13.2. The van der Waals surface area contributed by atoms with Gasteiger partial charge in [0.2, 0.25) is 0 Å². The fourth-order valence-electron chi connectivity index (χ4n) is 3.14. The highest BCUT2D eigenvalue weighted by Crippen LogP contribution is 2.21. The van der Waals surface area contributed by atoms with Crippen molar-refractivity contribution in [1.82, 2.24) is 9.99 Å². The van der Waals surface area contributed by atoms with Gasteiger partial charge >= 0.3 is 0 Å². The summed E-state index contributed by atoms with van der Waals surface area (Å²) in [4.78, 5) is 0. The lowest BCUT2D eigenvalue weighted by Crippen LogP contribution is -2.23. The van der Waals surface area contributed by atoms with Crippen LogP contribution in [-0.2, 0) is 6.54 Å². The molecule has 0 saturated carbocycles. The SMILES string of the molecule is Fc1ccc(Cn2cc(/C=N/NC(=S)Nc3ccccc3)c3ccccc32)cc1. The molecule has 0 bridgehead atoms. The van der Waals surface area contributed by atoms with Crippen LogP contribution in [0.3, 0.4) is 0 Å². The second-order valence-corrected chi connectivity index (χ2v) is 6.95. The van der Waals surface area contributed by atoms with Gasteiger partial charge in [-0.2, -0.15) is 5.10 Å². The molecule has 6 heteroatoms. The molecule has 0 aliphatic carbocycles. The first-order chi connectivity index (χ1) is 14.2. The van der Waals surface area contributed by atoms with Crippen molar-refractivity contribution in [3.63, 3.8) is 0 Å². The number of nitrogens with zero attached hydrogens (tertiary/aromatic N) is 2. The highest BCUT2D eigenvalue weighted by molar-refractivity contribution is 7.80. The molecule has 1 aromatic heterocycles. The van der Waals surface area contributed by atoms with Crippen LogP contribution in [0.1, 0.15) is 11.1 Å². The standard InChI is InChI=1S/C23H19FN4S/c24-19-12-10-17(11-13-19)15-28-16-18(21-8-4-5-9-22(21)28)14-25-27-23(29)26-20-6-2-1-3-7-20/h1-14,16H,15H2,(H2,26,27,29)/b25-14+. The second kappa shape index (κ2) is 8.67. The van der Waals surface area contributed by atoms with Gasteiger partial charge in [0.1, 0.15) is 5.82 Å². The predicted molar refractivity (Wildman–Crippen MR) is 121 cm³/mol. The van der Waals surface area contributed by atoms with Crippen LogP contribution in [-0.4, -0.2) is 15.9 Å². The van der Waals surface area contributed by atoms with Gasteiger partial charge in [-0.15, -0.1) is 0 Å². The van der Waals surface area contributed by atoms with E-state index in [-0.39, 0.29) is 5.82 Å². The number of hydrogen-bond donors (Lipinski definition) is 2. The lowest BCUT2D eigenvalue weighted by molar-refractivity contribution is 0.626. The van der Waals surface area contributed by atoms with Crippen molar-refractivity contribution in [2.45, 2.75) is 6.54 Å². The molecule has 0 aliphatic rings. The molecule has 0 amide bonds. The summed E-state index contributed by atoms with van der Waals surface area (Å²) in [5, 5.41) is 8.86. The van der Waals surface area contributed by atoms with Gasteiger partial charge < -0.3 is 9.88 Å². The Morgan fingerprint density at radius 2 is 1.69 bits per heavy atom. The van der Waals surface area contributed by atoms with Crippen molar-refractivity contribution in [3.8, 4) is 0 Å². The van der Waals surface area contributed by atoms with Crippen LogP contribution >= 0.6 is 12.2 Å². The number of nitrogens with one attached hydrogen (secondary N) is 2. The number of fused-ring (bicyclic) bond motifs is 1. The lowest BCUT2D eigenvalue weighted by Gasteiger charge is -2.05. The molecule has 4 rings (SSSR count). The third kappa shape index (κ3) is 4.67. The van der Waals surface area contributed by atoms with Gasteiger partial charge in [0.05, 0.1) is 6.21 Å². The Kier molecular flexibility index (Phi) is 5.63. The molecular formula is C23H19FN4S. The van der Waals surface area contributed by atoms with Gasteiger partial charge in [-0.1, -0.05) is 48.5 Å². The molecule has 0 spiro atoms. The van der Waals surface area contributed by atoms with E-state index >= 15 is 0 Å². The summed E-state index contributed by atoms with van der Waals surface area (Å²) in [6.07, 6.45) is 3.79. The Balaban J connectivity index is 1.50. The van der Waals surface area contributed by atoms with E-state index in [2.05, 4.69) is 32.5 Å².